The minimum atomic E-state index is 0.239. The summed E-state index contributed by atoms with van der Waals surface area (Å²) >= 11 is 0. The molecule has 0 aromatic carbocycles. The van der Waals surface area contributed by atoms with E-state index in [4.69, 9.17) is 0 Å². The monoisotopic (exact) mass is 290 g/mol. The zero-order valence-electron chi connectivity index (χ0n) is 13.1. The maximum Gasteiger partial charge on any atom is 0.320 e. The van der Waals surface area contributed by atoms with Gasteiger partial charge in [0.1, 0.15) is 0 Å². The molecule has 0 spiro atoms. The number of likely N-dealkylation sites (tertiary alicyclic amines) is 2. The Hall–Kier alpha value is -1.52. The highest BCUT2D eigenvalue weighted by molar-refractivity contribution is 5.75. The first kappa shape index (κ1) is 14.4. The molecule has 0 radical (unpaired) electrons. The highest BCUT2D eigenvalue weighted by Crippen LogP contribution is 2.29. The summed E-state index contributed by atoms with van der Waals surface area (Å²) in [5.41, 5.74) is 1.23. The van der Waals surface area contributed by atoms with Gasteiger partial charge in [-0.25, -0.2) is 4.79 Å². The van der Waals surface area contributed by atoms with E-state index in [9.17, 15) is 4.79 Å². The van der Waals surface area contributed by atoms with Crippen molar-refractivity contribution < 1.29 is 4.79 Å². The minimum absolute atomic E-state index is 0.239. The van der Waals surface area contributed by atoms with Crippen molar-refractivity contribution in [3.63, 3.8) is 0 Å². The molecule has 5 heteroatoms. The molecule has 2 saturated heterocycles. The highest BCUT2D eigenvalue weighted by atomic mass is 16.2. The first-order valence-corrected chi connectivity index (χ1v) is 8.22. The molecule has 2 aliphatic heterocycles. The number of hydrogen-bond acceptors (Lipinski definition) is 2. The fraction of sp³-hybridized carbons (Fsp3) is 0.750. The topological polar surface area (TPSA) is 52.2 Å². The molecule has 0 saturated carbocycles. The van der Waals surface area contributed by atoms with Gasteiger partial charge in [0.25, 0.3) is 0 Å². The van der Waals surface area contributed by atoms with Crippen molar-refractivity contribution in [3.05, 3.63) is 18.0 Å². The lowest BCUT2D eigenvalue weighted by molar-refractivity contribution is 0.0843. The van der Waals surface area contributed by atoms with Gasteiger partial charge in [-0.2, -0.15) is 5.10 Å². The number of urea groups is 1. The number of nitrogens with zero attached hydrogens (tertiary/aromatic N) is 3. The molecule has 3 heterocycles. The summed E-state index contributed by atoms with van der Waals surface area (Å²) < 4.78 is 0. The number of carbonyl (C=O) groups is 1. The zero-order chi connectivity index (χ0) is 14.8. The van der Waals surface area contributed by atoms with Gasteiger partial charge in [0, 0.05) is 37.3 Å². The molecular weight excluding hydrogens is 264 g/mol. The van der Waals surface area contributed by atoms with Crippen molar-refractivity contribution in [1.29, 1.82) is 0 Å². The number of amides is 2. The molecule has 3 rings (SSSR count). The molecule has 1 N–H and O–H groups in total. The fourth-order valence-corrected chi connectivity index (χ4v) is 3.87. The predicted molar refractivity (Wildman–Crippen MR) is 82.1 cm³/mol. The van der Waals surface area contributed by atoms with Crippen LogP contribution in [0.2, 0.25) is 0 Å². The number of nitrogens with one attached hydrogen (secondary N) is 1. The van der Waals surface area contributed by atoms with E-state index < -0.39 is 0 Å². The molecule has 5 nitrogen and oxygen atoms in total. The Bertz CT molecular complexity index is 463. The summed E-state index contributed by atoms with van der Waals surface area (Å²) in [6, 6.07) is 0.981. The average molecular weight is 290 g/mol. The summed E-state index contributed by atoms with van der Waals surface area (Å²) in [4.78, 5) is 17.1. The van der Waals surface area contributed by atoms with E-state index >= 15 is 0 Å². The third-order valence-electron chi connectivity index (χ3n) is 5.10. The van der Waals surface area contributed by atoms with Crippen LogP contribution in [0.25, 0.3) is 0 Å². The standard InChI is InChI=1S/C16H26N4O/c1-12-5-3-6-13(2)20(12)16(21)19-8-4-7-14(11-19)15-9-17-18-10-15/h9-10,12-14H,3-8,11H2,1-2H3,(H,17,18). The van der Waals surface area contributed by atoms with E-state index in [-0.39, 0.29) is 6.03 Å². The van der Waals surface area contributed by atoms with E-state index in [1.165, 1.54) is 12.0 Å². The summed E-state index contributed by atoms with van der Waals surface area (Å²) in [6.07, 6.45) is 9.59. The molecular formula is C16H26N4O. The Morgan fingerprint density at radius 3 is 2.67 bits per heavy atom. The first-order valence-electron chi connectivity index (χ1n) is 8.22. The van der Waals surface area contributed by atoms with Crippen LogP contribution in [0, 0.1) is 0 Å². The molecule has 3 unspecified atom stereocenters. The number of aromatic amines is 1. The lowest BCUT2D eigenvalue weighted by Crippen LogP contribution is -2.54. The van der Waals surface area contributed by atoms with Crippen LogP contribution in [0.3, 0.4) is 0 Å². The summed E-state index contributed by atoms with van der Waals surface area (Å²) in [6.45, 7) is 6.09. The Morgan fingerprint density at radius 2 is 2.00 bits per heavy atom. The van der Waals surface area contributed by atoms with E-state index in [1.54, 1.807) is 0 Å². The van der Waals surface area contributed by atoms with Crippen molar-refractivity contribution in [2.75, 3.05) is 13.1 Å². The van der Waals surface area contributed by atoms with Crippen molar-refractivity contribution in [1.82, 2.24) is 20.0 Å². The van der Waals surface area contributed by atoms with Crippen molar-refractivity contribution in [2.24, 2.45) is 0 Å². The number of hydrogen-bond donors (Lipinski definition) is 1. The first-order chi connectivity index (χ1) is 10.2. The molecule has 2 aliphatic rings. The molecule has 1 aromatic rings. The molecule has 1 aromatic heterocycles. The fourth-order valence-electron chi connectivity index (χ4n) is 3.87. The summed E-state index contributed by atoms with van der Waals surface area (Å²) in [7, 11) is 0. The number of aromatic nitrogens is 2. The smallest absolute Gasteiger partial charge is 0.320 e. The SMILES string of the molecule is CC1CCCC(C)N1C(=O)N1CCCC(c2cn[nH]c2)C1. The van der Waals surface area contributed by atoms with Gasteiger partial charge in [0.15, 0.2) is 0 Å². The molecule has 2 amide bonds. The predicted octanol–water partition coefficient (Wildman–Crippen LogP) is 2.97. The normalized spacial score (nSPS) is 30.5. The van der Waals surface area contributed by atoms with Crippen LogP contribution < -0.4 is 0 Å². The maximum atomic E-state index is 12.9. The average Bonchev–Trinajstić information content (AvgIpc) is 3.01. The number of carbonyl (C=O) groups excluding carboxylic acids is 1. The third-order valence-corrected chi connectivity index (χ3v) is 5.10. The lowest BCUT2D eigenvalue weighted by atomic mass is 9.92. The number of H-pyrrole nitrogens is 1. The van der Waals surface area contributed by atoms with Crippen molar-refractivity contribution in [2.45, 2.75) is 64.0 Å². The summed E-state index contributed by atoms with van der Waals surface area (Å²) in [5, 5.41) is 6.93. The van der Waals surface area contributed by atoms with Crippen molar-refractivity contribution in [3.8, 4) is 0 Å². The van der Waals surface area contributed by atoms with Gasteiger partial charge in [0.2, 0.25) is 0 Å². The van der Waals surface area contributed by atoms with Crippen LogP contribution in [0.1, 0.15) is 57.4 Å². The van der Waals surface area contributed by atoms with E-state index in [2.05, 4.69) is 33.8 Å². The number of rotatable bonds is 1. The quantitative estimate of drug-likeness (QED) is 0.864. The van der Waals surface area contributed by atoms with Gasteiger partial charge in [-0.3, -0.25) is 5.10 Å². The maximum absolute atomic E-state index is 12.9. The van der Waals surface area contributed by atoms with E-state index in [0.717, 1.165) is 38.8 Å². The molecule has 0 aliphatic carbocycles. The van der Waals surface area contributed by atoms with Gasteiger partial charge in [-0.15, -0.1) is 0 Å². The number of piperidine rings is 2. The molecule has 21 heavy (non-hydrogen) atoms. The second kappa shape index (κ2) is 6.08. The van der Waals surface area contributed by atoms with Gasteiger partial charge in [0.05, 0.1) is 6.20 Å². The van der Waals surface area contributed by atoms with Gasteiger partial charge in [-0.1, -0.05) is 0 Å². The Balaban J connectivity index is 1.69. The second-order valence-electron chi connectivity index (χ2n) is 6.64. The van der Waals surface area contributed by atoms with E-state index in [0.29, 0.717) is 18.0 Å². The van der Waals surface area contributed by atoms with Crippen LogP contribution in [-0.4, -0.2) is 51.2 Å². The van der Waals surface area contributed by atoms with E-state index in [1.807, 2.05) is 12.4 Å². The van der Waals surface area contributed by atoms with Gasteiger partial charge >= 0.3 is 6.03 Å². The van der Waals surface area contributed by atoms with Crippen molar-refractivity contribution >= 4 is 6.03 Å². The largest absolute Gasteiger partial charge is 0.324 e. The minimum Gasteiger partial charge on any atom is -0.324 e. The second-order valence-corrected chi connectivity index (χ2v) is 6.64. The van der Waals surface area contributed by atoms with Crippen LogP contribution in [-0.2, 0) is 0 Å². The molecule has 116 valence electrons. The Labute approximate surface area is 126 Å². The van der Waals surface area contributed by atoms with Crippen LogP contribution in [0.5, 0.6) is 0 Å². The van der Waals surface area contributed by atoms with Crippen LogP contribution in [0.4, 0.5) is 4.79 Å². The van der Waals surface area contributed by atoms with Crippen LogP contribution >= 0.6 is 0 Å². The third kappa shape index (κ3) is 2.92. The van der Waals surface area contributed by atoms with Gasteiger partial charge < -0.3 is 9.80 Å². The summed E-state index contributed by atoms with van der Waals surface area (Å²) in [5.74, 6) is 0.428. The molecule has 2 fully saturated rings. The van der Waals surface area contributed by atoms with Crippen LogP contribution in [0.15, 0.2) is 12.4 Å². The highest BCUT2D eigenvalue weighted by Gasteiger charge is 2.34. The Morgan fingerprint density at radius 1 is 1.24 bits per heavy atom. The zero-order valence-corrected chi connectivity index (χ0v) is 13.1. The molecule has 0 bridgehead atoms. The van der Waals surface area contributed by atoms with Gasteiger partial charge in [-0.05, 0) is 51.5 Å². The Kier molecular flexibility index (Phi) is 4.17. The lowest BCUT2D eigenvalue weighted by Gasteiger charge is -2.43. The molecule has 3 atom stereocenters.